The molecule has 0 bridgehead atoms. The maximum absolute atomic E-state index is 14.0. The molecule has 2 aromatic rings. The summed E-state index contributed by atoms with van der Waals surface area (Å²) in [4.78, 5) is 67.6. The highest BCUT2D eigenvalue weighted by Crippen LogP contribution is 2.58. The minimum absolute atomic E-state index is 0.114. The molecular weight excluding hydrogens is 538 g/mol. The van der Waals surface area contributed by atoms with E-state index in [0.29, 0.717) is 28.1 Å². The molecule has 4 atom stereocenters. The van der Waals surface area contributed by atoms with Gasteiger partial charge in [0, 0.05) is 45.9 Å². The number of ketones is 3. The molecule has 9 heteroatoms. The van der Waals surface area contributed by atoms with Gasteiger partial charge in [-0.05, 0) is 62.9 Å². The number of allylic oxidation sites excluding steroid dienone is 6. The van der Waals surface area contributed by atoms with Gasteiger partial charge in [-0.2, -0.15) is 0 Å². The van der Waals surface area contributed by atoms with Gasteiger partial charge in [0.2, 0.25) is 11.8 Å². The van der Waals surface area contributed by atoms with Gasteiger partial charge < -0.3 is 14.6 Å². The van der Waals surface area contributed by atoms with Crippen molar-refractivity contribution in [3.63, 3.8) is 0 Å². The highest BCUT2D eigenvalue weighted by atomic mass is 16.5. The summed E-state index contributed by atoms with van der Waals surface area (Å²) in [6, 6.07) is 9.34. The molecule has 1 fully saturated rings. The van der Waals surface area contributed by atoms with Crippen molar-refractivity contribution in [3.8, 4) is 17.2 Å². The average Bonchev–Trinajstić information content (AvgIpc) is 3.24. The summed E-state index contributed by atoms with van der Waals surface area (Å²) < 4.78 is 10.9. The summed E-state index contributed by atoms with van der Waals surface area (Å²) in [6.45, 7) is 3.02. The molecule has 1 N–H and O–H groups in total. The number of fused-ring (bicyclic) bond motifs is 3. The number of carbonyl (C=O) groups excluding carboxylic acids is 5. The SMILES string of the molecule is COc1cc(O)c(C2C3=CCC4C(=O)N(c5ccc(C(C)=O)cc5)C(=O)C4C3CC3=C2C(=O)C(C)=CC3=O)c(OC)c1. The third-order valence-electron chi connectivity index (χ3n) is 8.93. The highest BCUT2D eigenvalue weighted by molar-refractivity contribution is 6.25. The lowest BCUT2D eigenvalue weighted by molar-refractivity contribution is -0.123. The Morgan fingerprint density at radius 3 is 2.33 bits per heavy atom. The summed E-state index contributed by atoms with van der Waals surface area (Å²) in [5.74, 6) is -3.95. The van der Waals surface area contributed by atoms with Crippen molar-refractivity contribution in [1.82, 2.24) is 0 Å². The lowest BCUT2D eigenvalue weighted by atomic mass is 9.59. The topological polar surface area (TPSA) is 127 Å². The minimum Gasteiger partial charge on any atom is -0.507 e. The number of ether oxygens (including phenoxy) is 2. The van der Waals surface area contributed by atoms with Crippen LogP contribution < -0.4 is 14.4 Å². The van der Waals surface area contributed by atoms with E-state index in [2.05, 4.69) is 0 Å². The van der Waals surface area contributed by atoms with Crippen LogP contribution in [-0.4, -0.2) is 48.5 Å². The van der Waals surface area contributed by atoms with Crippen LogP contribution in [0.2, 0.25) is 0 Å². The first-order valence-electron chi connectivity index (χ1n) is 13.7. The van der Waals surface area contributed by atoms with Crippen molar-refractivity contribution >= 4 is 34.9 Å². The van der Waals surface area contributed by atoms with Crippen LogP contribution in [0.3, 0.4) is 0 Å². The predicted molar refractivity (Wildman–Crippen MR) is 151 cm³/mol. The Balaban J connectivity index is 1.50. The molecule has 0 aromatic heterocycles. The molecule has 0 saturated carbocycles. The summed E-state index contributed by atoms with van der Waals surface area (Å²) in [7, 11) is 2.89. The first kappa shape index (κ1) is 27.4. The number of benzene rings is 2. The second-order valence-corrected chi connectivity index (χ2v) is 11.1. The van der Waals surface area contributed by atoms with E-state index in [1.807, 2.05) is 6.08 Å². The van der Waals surface area contributed by atoms with Gasteiger partial charge in [0.15, 0.2) is 17.3 Å². The number of Topliss-reactive ketones (excluding diaryl/α,β-unsaturated/α-hetero) is 2. The number of phenolic OH excluding ortho intramolecular Hbond substituents is 1. The second kappa shape index (κ2) is 9.94. The molecule has 3 aliphatic carbocycles. The second-order valence-electron chi connectivity index (χ2n) is 11.1. The van der Waals surface area contributed by atoms with Gasteiger partial charge in [-0.1, -0.05) is 11.6 Å². The van der Waals surface area contributed by atoms with E-state index in [1.54, 1.807) is 37.3 Å². The number of rotatable bonds is 5. The summed E-state index contributed by atoms with van der Waals surface area (Å²) in [5.41, 5.74) is 2.65. The number of nitrogens with zero attached hydrogens (tertiary/aromatic N) is 1. The van der Waals surface area contributed by atoms with Crippen LogP contribution >= 0.6 is 0 Å². The van der Waals surface area contributed by atoms with Gasteiger partial charge in [0.25, 0.3) is 0 Å². The number of hydrogen-bond donors (Lipinski definition) is 1. The van der Waals surface area contributed by atoms with Crippen molar-refractivity contribution in [2.75, 3.05) is 19.1 Å². The van der Waals surface area contributed by atoms with Gasteiger partial charge in [-0.3, -0.25) is 28.9 Å². The molecule has 4 aliphatic rings. The summed E-state index contributed by atoms with van der Waals surface area (Å²) in [5, 5.41) is 11.2. The van der Waals surface area contributed by atoms with Crippen molar-refractivity contribution in [2.24, 2.45) is 17.8 Å². The number of aromatic hydroxyl groups is 1. The Labute approximate surface area is 242 Å². The Morgan fingerprint density at radius 1 is 0.976 bits per heavy atom. The third kappa shape index (κ3) is 3.94. The zero-order valence-electron chi connectivity index (χ0n) is 23.6. The molecule has 2 aromatic carbocycles. The van der Waals surface area contributed by atoms with E-state index in [9.17, 15) is 29.1 Å². The largest absolute Gasteiger partial charge is 0.507 e. The van der Waals surface area contributed by atoms with Crippen molar-refractivity contribution in [2.45, 2.75) is 32.6 Å². The fourth-order valence-electron chi connectivity index (χ4n) is 6.96. The van der Waals surface area contributed by atoms with Crippen LogP contribution in [0, 0.1) is 17.8 Å². The molecule has 42 heavy (non-hydrogen) atoms. The fraction of sp³-hybridized carbons (Fsp3) is 0.303. The van der Waals surface area contributed by atoms with Gasteiger partial charge >= 0.3 is 0 Å². The van der Waals surface area contributed by atoms with Crippen LogP contribution in [0.25, 0.3) is 0 Å². The number of hydrogen-bond acceptors (Lipinski definition) is 8. The van der Waals surface area contributed by atoms with E-state index in [1.165, 1.54) is 33.3 Å². The van der Waals surface area contributed by atoms with Crippen molar-refractivity contribution < 1.29 is 38.6 Å². The van der Waals surface area contributed by atoms with Crippen LogP contribution in [0.1, 0.15) is 48.5 Å². The normalized spacial score (nSPS) is 25.0. The van der Waals surface area contributed by atoms with Crippen LogP contribution in [0.15, 0.2) is 70.8 Å². The number of carbonyl (C=O) groups is 5. The lowest BCUT2D eigenvalue weighted by Gasteiger charge is -2.42. The van der Waals surface area contributed by atoms with Gasteiger partial charge in [-0.15, -0.1) is 0 Å². The maximum atomic E-state index is 14.0. The molecule has 1 heterocycles. The molecular formula is C33H29NO8. The zero-order valence-corrected chi connectivity index (χ0v) is 23.6. The Kier molecular flexibility index (Phi) is 6.48. The number of amides is 2. The number of methoxy groups -OCH3 is 2. The molecule has 1 aliphatic heterocycles. The standard InChI is InChI=1S/C33H29NO8/c1-15-11-24(36)23-14-22-20(28(29(23)31(15)38)30-25(37)12-19(41-3)13-26(30)42-4)9-10-21-27(22)33(40)34(32(21)39)18-7-5-17(6-8-18)16(2)35/h5-9,11-13,21-22,27-28,37H,10,14H2,1-4H3. The van der Waals surface area contributed by atoms with Gasteiger partial charge in [-0.25, -0.2) is 0 Å². The predicted octanol–water partition coefficient (Wildman–Crippen LogP) is 4.25. The van der Waals surface area contributed by atoms with E-state index in [0.717, 1.165) is 4.90 Å². The number of anilines is 1. The Hall–Kier alpha value is -4.79. The van der Waals surface area contributed by atoms with Gasteiger partial charge in [0.05, 0.1) is 31.7 Å². The van der Waals surface area contributed by atoms with E-state index in [4.69, 9.17) is 9.47 Å². The minimum atomic E-state index is -0.868. The van der Waals surface area contributed by atoms with E-state index < -0.39 is 29.6 Å². The summed E-state index contributed by atoms with van der Waals surface area (Å²) >= 11 is 0. The maximum Gasteiger partial charge on any atom is 0.238 e. The number of phenols is 1. The highest BCUT2D eigenvalue weighted by Gasteiger charge is 2.57. The fourth-order valence-corrected chi connectivity index (χ4v) is 6.96. The van der Waals surface area contributed by atoms with Crippen LogP contribution in [0.5, 0.6) is 17.2 Å². The van der Waals surface area contributed by atoms with Crippen molar-refractivity contribution in [1.29, 1.82) is 0 Å². The first-order valence-corrected chi connectivity index (χ1v) is 13.7. The summed E-state index contributed by atoms with van der Waals surface area (Å²) in [6.07, 6.45) is 3.55. The molecule has 6 rings (SSSR count). The smallest absolute Gasteiger partial charge is 0.238 e. The molecule has 9 nitrogen and oxygen atoms in total. The molecule has 214 valence electrons. The Bertz CT molecular complexity index is 1690. The average molecular weight is 568 g/mol. The monoisotopic (exact) mass is 567 g/mol. The zero-order chi connectivity index (χ0) is 30.0. The van der Waals surface area contributed by atoms with Crippen molar-refractivity contribution in [3.05, 3.63) is 82.0 Å². The molecule has 4 unspecified atom stereocenters. The Morgan fingerprint density at radius 2 is 1.69 bits per heavy atom. The quantitative estimate of drug-likeness (QED) is 0.246. The van der Waals surface area contributed by atoms with Crippen LogP contribution in [-0.2, 0) is 19.2 Å². The molecule has 0 radical (unpaired) electrons. The molecule has 2 amide bonds. The number of imide groups is 1. The molecule has 0 spiro atoms. The lowest BCUT2D eigenvalue weighted by Crippen LogP contribution is -2.40. The van der Waals surface area contributed by atoms with Gasteiger partial charge in [0.1, 0.15) is 17.2 Å². The molecule has 1 saturated heterocycles. The van der Waals surface area contributed by atoms with E-state index in [-0.39, 0.29) is 64.3 Å². The third-order valence-corrected chi connectivity index (χ3v) is 8.93. The first-order chi connectivity index (χ1) is 20.1. The van der Waals surface area contributed by atoms with E-state index >= 15 is 0 Å². The van der Waals surface area contributed by atoms with Crippen LogP contribution in [0.4, 0.5) is 5.69 Å².